The van der Waals surface area contributed by atoms with E-state index in [-0.39, 0.29) is 28.9 Å². The number of rotatable bonds is 5. The second kappa shape index (κ2) is 7.87. The van der Waals surface area contributed by atoms with Crippen molar-refractivity contribution < 1.29 is 18.8 Å². The first kappa shape index (κ1) is 19.8. The first-order valence-corrected chi connectivity index (χ1v) is 11.0. The summed E-state index contributed by atoms with van der Waals surface area (Å²) < 4.78 is 5.05. The lowest BCUT2D eigenvalue weighted by Gasteiger charge is -2.56. The van der Waals surface area contributed by atoms with Crippen LogP contribution in [0, 0.1) is 23.2 Å². The molecule has 0 saturated heterocycles. The number of benzene rings is 1. The van der Waals surface area contributed by atoms with E-state index in [1.807, 2.05) is 0 Å². The number of carbonyl (C=O) groups excluding carboxylic acids is 3. The van der Waals surface area contributed by atoms with Crippen LogP contribution in [0.4, 0.5) is 5.69 Å². The molecule has 7 heteroatoms. The number of nitrogens with one attached hydrogen (secondary N) is 3. The molecule has 0 atom stereocenters. The molecule has 2 aromatic rings. The molecule has 4 saturated carbocycles. The van der Waals surface area contributed by atoms with Gasteiger partial charge in [-0.3, -0.25) is 25.2 Å². The summed E-state index contributed by atoms with van der Waals surface area (Å²) in [7, 11) is 0. The standard InChI is InChI=1S/C24H27N3O4/c28-21(14-24-11-15-8-16(12-24)10-17(9-15)13-24)26-27-22(29)18-3-5-19(6-4-18)25-23(30)20-2-1-7-31-20/h1-7,15-17H,8-14H2,(H,25,30)(H,26,28)(H,27,29). The molecule has 4 fully saturated rings. The number of hydrogen-bond acceptors (Lipinski definition) is 4. The van der Waals surface area contributed by atoms with Crippen molar-refractivity contribution in [3.8, 4) is 0 Å². The van der Waals surface area contributed by atoms with E-state index in [1.165, 1.54) is 25.5 Å². The molecule has 4 bridgehead atoms. The van der Waals surface area contributed by atoms with Crippen molar-refractivity contribution in [1.82, 2.24) is 10.9 Å². The largest absolute Gasteiger partial charge is 0.459 e. The average Bonchev–Trinajstić information content (AvgIpc) is 3.26. The fraction of sp³-hybridized carbons (Fsp3) is 0.458. The van der Waals surface area contributed by atoms with E-state index >= 15 is 0 Å². The van der Waals surface area contributed by atoms with E-state index in [4.69, 9.17) is 4.42 Å². The van der Waals surface area contributed by atoms with Gasteiger partial charge in [0.2, 0.25) is 5.91 Å². The Morgan fingerprint density at radius 2 is 1.52 bits per heavy atom. The number of carbonyl (C=O) groups is 3. The molecule has 31 heavy (non-hydrogen) atoms. The molecule has 1 heterocycles. The van der Waals surface area contributed by atoms with E-state index in [1.54, 1.807) is 36.4 Å². The molecule has 162 valence electrons. The predicted octanol–water partition coefficient (Wildman–Crippen LogP) is 3.90. The van der Waals surface area contributed by atoms with Gasteiger partial charge in [-0.25, -0.2) is 0 Å². The molecule has 7 nitrogen and oxygen atoms in total. The minimum Gasteiger partial charge on any atom is -0.459 e. The van der Waals surface area contributed by atoms with Crippen LogP contribution < -0.4 is 16.2 Å². The first-order valence-electron chi connectivity index (χ1n) is 11.0. The summed E-state index contributed by atoms with van der Waals surface area (Å²) in [5, 5.41) is 2.70. The smallest absolute Gasteiger partial charge is 0.291 e. The zero-order valence-corrected chi connectivity index (χ0v) is 17.4. The van der Waals surface area contributed by atoms with Crippen molar-refractivity contribution in [1.29, 1.82) is 0 Å². The number of hydrogen-bond donors (Lipinski definition) is 3. The van der Waals surface area contributed by atoms with E-state index in [2.05, 4.69) is 16.2 Å². The molecule has 0 aliphatic heterocycles. The maximum atomic E-state index is 12.6. The monoisotopic (exact) mass is 421 g/mol. The van der Waals surface area contributed by atoms with Gasteiger partial charge in [0, 0.05) is 17.7 Å². The third-order valence-corrected chi connectivity index (χ3v) is 7.17. The van der Waals surface area contributed by atoms with E-state index in [9.17, 15) is 14.4 Å². The van der Waals surface area contributed by atoms with Gasteiger partial charge in [-0.1, -0.05) is 0 Å². The second-order valence-corrected chi connectivity index (χ2v) is 9.61. The molecular formula is C24H27N3O4. The summed E-state index contributed by atoms with van der Waals surface area (Å²) in [6, 6.07) is 9.67. The molecule has 3 N–H and O–H groups in total. The molecule has 0 radical (unpaired) electrons. The number of furan rings is 1. The maximum Gasteiger partial charge on any atom is 0.291 e. The van der Waals surface area contributed by atoms with Crippen LogP contribution in [-0.4, -0.2) is 17.7 Å². The average molecular weight is 421 g/mol. The second-order valence-electron chi connectivity index (χ2n) is 9.61. The number of amides is 3. The summed E-state index contributed by atoms with van der Waals surface area (Å²) in [5.74, 6) is 1.73. The molecule has 4 aliphatic rings. The van der Waals surface area contributed by atoms with Crippen LogP contribution in [0.3, 0.4) is 0 Å². The first-order chi connectivity index (χ1) is 15.0. The third-order valence-electron chi connectivity index (χ3n) is 7.17. The zero-order chi connectivity index (χ0) is 21.4. The quantitative estimate of drug-likeness (QED) is 0.638. The summed E-state index contributed by atoms with van der Waals surface area (Å²) in [6.45, 7) is 0. The fourth-order valence-electron chi connectivity index (χ4n) is 6.40. The SMILES string of the molecule is O=C(CC12CC3CC(CC(C3)C1)C2)NNC(=O)c1ccc(NC(=O)c2ccco2)cc1. The summed E-state index contributed by atoms with van der Waals surface area (Å²) in [4.78, 5) is 37.0. The minimum atomic E-state index is -0.386. The van der Waals surface area contributed by atoms with E-state index < -0.39 is 0 Å². The van der Waals surface area contributed by atoms with Gasteiger partial charge in [0.05, 0.1) is 6.26 Å². The highest BCUT2D eigenvalue weighted by molar-refractivity contribution is 6.02. The van der Waals surface area contributed by atoms with Gasteiger partial charge in [-0.15, -0.1) is 0 Å². The van der Waals surface area contributed by atoms with Crippen LogP contribution in [0.2, 0.25) is 0 Å². The molecule has 1 aromatic heterocycles. The van der Waals surface area contributed by atoms with Gasteiger partial charge in [-0.2, -0.15) is 0 Å². The van der Waals surface area contributed by atoms with Crippen molar-refractivity contribution in [2.75, 3.05) is 5.32 Å². The Kier molecular flexibility index (Phi) is 5.04. The Hall–Kier alpha value is -3.09. The lowest BCUT2D eigenvalue weighted by molar-refractivity contribution is -0.130. The van der Waals surface area contributed by atoms with Crippen LogP contribution in [0.15, 0.2) is 47.1 Å². The Morgan fingerprint density at radius 1 is 0.871 bits per heavy atom. The predicted molar refractivity (Wildman–Crippen MR) is 114 cm³/mol. The Morgan fingerprint density at radius 3 is 2.10 bits per heavy atom. The van der Waals surface area contributed by atoms with Crippen molar-refractivity contribution >= 4 is 23.4 Å². The normalized spacial score (nSPS) is 28.2. The van der Waals surface area contributed by atoms with Crippen molar-refractivity contribution in [3.05, 3.63) is 54.0 Å². The van der Waals surface area contributed by atoms with Crippen LogP contribution in [0.25, 0.3) is 0 Å². The van der Waals surface area contributed by atoms with Crippen LogP contribution in [0.1, 0.15) is 65.9 Å². The van der Waals surface area contributed by atoms with E-state index in [0.717, 1.165) is 37.0 Å². The highest BCUT2D eigenvalue weighted by Gasteiger charge is 2.51. The summed E-state index contributed by atoms with van der Waals surface area (Å²) in [6.07, 6.45) is 9.43. The molecule has 0 spiro atoms. The fourth-order valence-corrected chi connectivity index (χ4v) is 6.40. The van der Waals surface area contributed by atoms with Gasteiger partial charge in [-0.05, 0) is 98.1 Å². The van der Waals surface area contributed by atoms with Crippen molar-refractivity contribution in [2.45, 2.75) is 44.9 Å². The van der Waals surface area contributed by atoms with Crippen molar-refractivity contribution in [2.24, 2.45) is 23.2 Å². The zero-order valence-electron chi connectivity index (χ0n) is 17.4. The lowest BCUT2D eigenvalue weighted by Crippen LogP contribution is -2.50. The van der Waals surface area contributed by atoms with Gasteiger partial charge >= 0.3 is 0 Å². The van der Waals surface area contributed by atoms with Crippen molar-refractivity contribution in [3.63, 3.8) is 0 Å². The van der Waals surface area contributed by atoms with Gasteiger partial charge in [0.1, 0.15) is 0 Å². The Balaban J connectivity index is 1.12. The van der Waals surface area contributed by atoms with Gasteiger partial charge in [0.15, 0.2) is 5.76 Å². The molecule has 0 unspecified atom stereocenters. The Bertz CT molecular complexity index is 945. The molecule has 3 amide bonds. The lowest BCUT2D eigenvalue weighted by atomic mass is 9.49. The summed E-state index contributed by atoms with van der Waals surface area (Å²) in [5.41, 5.74) is 6.20. The topological polar surface area (TPSA) is 100 Å². The van der Waals surface area contributed by atoms with E-state index in [0.29, 0.717) is 17.7 Å². The highest BCUT2D eigenvalue weighted by Crippen LogP contribution is 2.61. The number of anilines is 1. The molecular weight excluding hydrogens is 394 g/mol. The van der Waals surface area contributed by atoms with Gasteiger partial charge in [0.25, 0.3) is 11.8 Å². The van der Waals surface area contributed by atoms with Crippen LogP contribution >= 0.6 is 0 Å². The van der Waals surface area contributed by atoms with Crippen LogP contribution in [0.5, 0.6) is 0 Å². The molecule has 1 aromatic carbocycles. The molecule has 4 aliphatic carbocycles. The highest BCUT2D eigenvalue weighted by atomic mass is 16.3. The maximum absolute atomic E-state index is 12.6. The Labute approximate surface area is 180 Å². The molecule has 6 rings (SSSR count). The summed E-state index contributed by atoms with van der Waals surface area (Å²) >= 11 is 0. The minimum absolute atomic E-state index is 0.113. The third kappa shape index (κ3) is 4.22. The number of hydrazine groups is 1. The van der Waals surface area contributed by atoms with Gasteiger partial charge < -0.3 is 9.73 Å². The van der Waals surface area contributed by atoms with Crippen LogP contribution in [-0.2, 0) is 4.79 Å².